The Labute approximate surface area is 196 Å². The average Bonchev–Trinajstić information content (AvgIpc) is 2.90. The second kappa shape index (κ2) is 15.3. The van der Waals surface area contributed by atoms with Gasteiger partial charge in [-0.1, -0.05) is 66.2 Å². The largest absolute Gasteiger partial charge is 4.00 e. The SMILES string of the molecule is Cc1ccc[c-]1CC(C)C.Cc1ccc[c-]1CC(C)C.[Hf+4].[I-].[I-]. The van der Waals surface area contributed by atoms with E-state index in [1.54, 1.807) is 0 Å². The van der Waals surface area contributed by atoms with Gasteiger partial charge in [0.05, 0.1) is 0 Å². The summed E-state index contributed by atoms with van der Waals surface area (Å²) < 4.78 is 0. The van der Waals surface area contributed by atoms with Crippen LogP contribution in [-0.4, -0.2) is 0 Å². The summed E-state index contributed by atoms with van der Waals surface area (Å²) in [5.41, 5.74) is 5.90. The van der Waals surface area contributed by atoms with Crippen LogP contribution in [0.4, 0.5) is 0 Å². The van der Waals surface area contributed by atoms with Gasteiger partial charge in [0.2, 0.25) is 0 Å². The molecule has 2 aromatic carbocycles. The van der Waals surface area contributed by atoms with Crippen molar-refractivity contribution in [2.45, 2.75) is 54.4 Å². The number of hydrogen-bond donors (Lipinski definition) is 0. The fraction of sp³-hybridized carbons (Fsp3) is 0.500. The number of halogens is 2. The molecule has 3 heteroatoms. The van der Waals surface area contributed by atoms with E-state index in [0.717, 1.165) is 11.8 Å². The quantitative estimate of drug-likeness (QED) is 0.236. The molecule has 0 nitrogen and oxygen atoms in total. The molecule has 0 fully saturated rings. The Balaban J connectivity index is -0.000000308. The van der Waals surface area contributed by atoms with Crippen LogP contribution in [-0.2, 0) is 38.7 Å². The summed E-state index contributed by atoms with van der Waals surface area (Å²) >= 11 is 0. The molecule has 23 heavy (non-hydrogen) atoms. The van der Waals surface area contributed by atoms with Crippen LogP contribution in [0.5, 0.6) is 0 Å². The molecule has 0 aliphatic rings. The summed E-state index contributed by atoms with van der Waals surface area (Å²) in [5.74, 6) is 1.56. The second-order valence-corrected chi connectivity index (χ2v) is 6.66. The smallest absolute Gasteiger partial charge is 1.00 e. The van der Waals surface area contributed by atoms with Gasteiger partial charge in [0.1, 0.15) is 0 Å². The summed E-state index contributed by atoms with van der Waals surface area (Å²) in [4.78, 5) is 0. The Morgan fingerprint density at radius 2 is 1.04 bits per heavy atom. The van der Waals surface area contributed by atoms with E-state index < -0.39 is 0 Å². The minimum Gasteiger partial charge on any atom is -1.00 e. The van der Waals surface area contributed by atoms with Gasteiger partial charge in [-0.3, -0.25) is 0 Å². The van der Waals surface area contributed by atoms with Crippen molar-refractivity contribution in [1.29, 1.82) is 0 Å². The van der Waals surface area contributed by atoms with Gasteiger partial charge in [-0.25, -0.2) is 24.3 Å². The normalized spacial score (nSPS) is 9.39. The Bertz CT molecular complexity index is 449. The van der Waals surface area contributed by atoms with E-state index in [-0.39, 0.29) is 73.8 Å². The standard InChI is InChI=1S/2C10H15.Hf.2HI/c2*1-8(2)7-10-6-4-5-9(10)3;;;/h2*4-6,8H,7H2,1-3H3;;2*1H/q2*-1;+4;;/p-2. The van der Waals surface area contributed by atoms with Crippen LogP contribution >= 0.6 is 0 Å². The Hall–Kier alpha value is 1.03. The van der Waals surface area contributed by atoms with Crippen LogP contribution in [0.15, 0.2) is 36.4 Å². The molecule has 0 aliphatic heterocycles. The molecule has 0 unspecified atom stereocenters. The zero-order valence-corrected chi connectivity index (χ0v) is 23.2. The number of hydrogen-bond acceptors (Lipinski definition) is 0. The van der Waals surface area contributed by atoms with E-state index in [1.807, 2.05) is 0 Å². The zero-order valence-electron chi connectivity index (χ0n) is 15.3. The first kappa shape index (κ1) is 28.8. The first-order valence-corrected chi connectivity index (χ1v) is 7.82. The van der Waals surface area contributed by atoms with Gasteiger partial charge in [0.15, 0.2) is 0 Å². The van der Waals surface area contributed by atoms with Gasteiger partial charge >= 0.3 is 25.8 Å². The predicted octanol–water partition coefficient (Wildman–Crippen LogP) is -0.170. The zero-order chi connectivity index (χ0) is 15.1. The van der Waals surface area contributed by atoms with Crippen molar-refractivity contribution in [2.75, 3.05) is 0 Å². The molecule has 2 aromatic rings. The monoisotopic (exact) mass is 704 g/mol. The molecule has 0 aromatic heterocycles. The van der Waals surface area contributed by atoms with Crippen LogP contribution < -0.4 is 48.0 Å². The van der Waals surface area contributed by atoms with Crippen LogP contribution in [0, 0.1) is 25.7 Å². The van der Waals surface area contributed by atoms with E-state index in [1.165, 1.54) is 35.1 Å². The van der Waals surface area contributed by atoms with Crippen molar-refractivity contribution in [1.82, 2.24) is 0 Å². The van der Waals surface area contributed by atoms with E-state index in [9.17, 15) is 0 Å². The molecule has 0 saturated carbocycles. The van der Waals surface area contributed by atoms with Crippen LogP contribution in [0.3, 0.4) is 0 Å². The molecule has 0 radical (unpaired) electrons. The van der Waals surface area contributed by atoms with Gasteiger partial charge in [-0.2, -0.15) is 34.4 Å². The van der Waals surface area contributed by atoms with Gasteiger partial charge in [0.25, 0.3) is 0 Å². The summed E-state index contributed by atoms with van der Waals surface area (Å²) in [6.07, 6.45) is 2.44. The van der Waals surface area contributed by atoms with Crippen LogP contribution in [0.2, 0.25) is 0 Å². The maximum Gasteiger partial charge on any atom is 4.00 e. The molecule has 0 saturated heterocycles. The molecule has 0 spiro atoms. The Morgan fingerprint density at radius 3 is 1.22 bits per heavy atom. The van der Waals surface area contributed by atoms with Gasteiger partial charge in [0, 0.05) is 0 Å². The van der Waals surface area contributed by atoms with E-state index in [4.69, 9.17) is 0 Å². The summed E-state index contributed by atoms with van der Waals surface area (Å²) in [6.45, 7) is 13.4. The molecule has 0 aliphatic carbocycles. The van der Waals surface area contributed by atoms with Crippen molar-refractivity contribution < 1.29 is 73.8 Å². The minimum absolute atomic E-state index is 0. The summed E-state index contributed by atoms with van der Waals surface area (Å²) in [5, 5.41) is 0. The van der Waals surface area contributed by atoms with Crippen molar-refractivity contribution in [2.24, 2.45) is 11.8 Å². The third-order valence-corrected chi connectivity index (χ3v) is 3.56. The minimum atomic E-state index is 0. The van der Waals surface area contributed by atoms with Crippen molar-refractivity contribution in [3.63, 3.8) is 0 Å². The molecule has 0 N–H and O–H groups in total. The Morgan fingerprint density at radius 1 is 0.739 bits per heavy atom. The molecule has 0 atom stereocenters. The van der Waals surface area contributed by atoms with E-state index >= 15 is 0 Å². The van der Waals surface area contributed by atoms with Gasteiger partial charge in [-0.05, 0) is 0 Å². The number of rotatable bonds is 4. The first-order chi connectivity index (χ1) is 9.40. The van der Waals surface area contributed by atoms with Crippen molar-refractivity contribution in [3.8, 4) is 0 Å². The van der Waals surface area contributed by atoms with Gasteiger partial charge in [-0.15, -0.1) is 0 Å². The molecule has 0 amide bonds. The summed E-state index contributed by atoms with van der Waals surface area (Å²) in [7, 11) is 0. The van der Waals surface area contributed by atoms with Crippen molar-refractivity contribution in [3.05, 3.63) is 58.7 Å². The maximum atomic E-state index is 2.26. The van der Waals surface area contributed by atoms with Crippen LogP contribution in [0.1, 0.15) is 49.9 Å². The first-order valence-electron chi connectivity index (χ1n) is 7.82. The molecule has 128 valence electrons. The molecule has 0 bridgehead atoms. The molecular weight excluding hydrogens is 673 g/mol. The fourth-order valence-electron chi connectivity index (χ4n) is 2.43. The topological polar surface area (TPSA) is 0 Å². The van der Waals surface area contributed by atoms with E-state index in [0.29, 0.717) is 0 Å². The third kappa shape index (κ3) is 12.1. The fourth-order valence-corrected chi connectivity index (χ4v) is 2.43. The Kier molecular flexibility index (Phi) is 19.2. The van der Waals surface area contributed by atoms with Crippen LogP contribution in [0.25, 0.3) is 0 Å². The average molecular weight is 703 g/mol. The predicted molar refractivity (Wildman–Crippen MR) is 90.6 cm³/mol. The van der Waals surface area contributed by atoms with E-state index in [2.05, 4.69) is 77.9 Å². The maximum absolute atomic E-state index is 2.26. The van der Waals surface area contributed by atoms with Gasteiger partial charge < -0.3 is 48.0 Å². The third-order valence-electron chi connectivity index (χ3n) is 3.56. The number of aryl methyl sites for hydroxylation is 2. The second-order valence-electron chi connectivity index (χ2n) is 6.66. The molecular formula is C20H30HfI2. The summed E-state index contributed by atoms with van der Waals surface area (Å²) in [6, 6.07) is 13.1. The van der Waals surface area contributed by atoms with Crippen molar-refractivity contribution >= 4 is 0 Å². The molecule has 0 heterocycles. The molecule has 2 rings (SSSR count).